The third-order valence-corrected chi connectivity index (χ3v) is 3.32. The first-order chi connectivity index (χ1) is 9.17. The molecule has 0 aliphatic heterocycles. The van der Waals surface area contributed by atoms with Crippen LogP contribution in [0.4, 0.5) is 0 Å². The SMILES string of the molecule is CCc1cccnc1-c1noc(C(CC)C(C)N)n1. The summed E-state index contributed by atoms with van der Waals surface area (Å²) < 4.78 is 5.35. The molecule has 0 saturated heterocycles. The van der Waals surface area contributed by atoms with Gasteiger partial charge in [-0.3, -0.25) is 4.98 Å². The van der Waals surface area contributed by atoms with Gasteiger partial charge in [0.05, 0.1) is 5.92 Å². The van der Waals surface area contributed by atoms with Crippen molar-refractivity contribution in [2.24, 2.45) is 5.73 Å². The van der Waals surface area contributed by atoms with E-state index in [0.717, 1.165) is 24.1 Å². The van der Waals surface area contributed by atoms with Crippen LogP contribution >= 0.6 is 0 Å². The maximum atomic E-state index is 5.94. The van der Waals surface area contributed by atoms with Gasteiger partial charge in [0.25, 0.3) is 0 Å². The smallest absolute Gasteiger partial charge is 0.231 e. The predicted molar refractivity (Wildman–Crippen MR) is 73.6 cm³/mol. The van der Waals surface area contributed by atoms with Gasteiger partial charge in [0.15, 0.2) is 0 Å². The number of rotatable bonds is 5. The van der Waals surface area contributed by atoms with Crippen molar-refractivity contribution in [3.63, 3.8) is 0 Å². The number of nitrogens with two attached hydrogens (primary N) is 1. The third kappa shape index (κ3) is 2.81. The topological polar surface area (TPSA) is 77.8 Å². The molecular weight excluding hydrogens is 240 g/mol. The molecule has 2 heterocycles. The fraction of sp³-hybridized carbons (Fsp3) is 0.500. The summed E-state index contributed by atoms with van der Waals surface area (Å²) in [6.45, 7) is 6.10. The van der Waals surface area contributed by atoms with Gasteiger partial charge < -0.3 is 10.3 Å². The first-order valence-corrected chi connectivity index (χ1v) is 6.70. The minimum Gasteiger partial charge on any atom is -0.339 e. The van der Waals surface area contributed by atoms with E-state index in [2.05, 4.69) is 29.0 Å². The standard InChI is InChI=1S/C14H20N4O/c1-4-10-7-6-8-16-12(10)13-17-14(19-18-13)11(5-2)9(3)15/h6-9,11H,4-5,15H2,1-3H3. The summed E-state index contributed by atoms with van der Waals surface area (Å²) in [7, 11) is 0. The molecule has 0 aliphatic rings. The summed E-state index contributed by atoms with van der Waals surface area (Å²) in [5.74, 6) is 1.24. The van der Waals surface area contributed by atoms with Gasteiger partial charge in [-0.25, -0.2) is 0 Å². The zero-order valence-electron chi connectivity index (χ0n) is 11.6. The van der Waals surface area contributed by atoms with Crippen molar-refractivity contribution in [1.82, 2.24) is 15.1 Å². The van der Waals surface area contributed by atoms with Gasteiger partial charge in [0.2, 0.25) is 11.7 Å². The Morgan fingerprint density at radius 1 is 1.37 bits per heavy atom. The van der Waals surface area contributed by atoms with E-state index in [1.165, 1.54) is 0 Å². The zero-order valence-corrected chi connectivity index (χ0v) is 11.6. The Labute approximate surface area is 113 Å². The van der Waals surface area contributed by atoms with E-state index in [0.29, 0.717) is 11.7 Å². The van der Waals surface area contributed by atoms with E-state index >= 15 is 0 Å². The molecule has 2 aromatic rings. The van der Waals surface area contributed by atoms with Crippen molar-refractivity contribution in [1.29, 1.82) is 0 Å². The number of pyridine rings is 1. The first kappa shape index (κ1) is 13.7. The minimum atomic E-state index is -0.00678. The van der Waals surface area contributed by atoms with Crippen LogP contribution in [0.3, 0.4) is 0 Å². The van der Waals surface area contributed by atoms with Crippen LogP contribution in [0.2, 0.25) is 0 Å². The van der Waals surface area contributed by atoms with E-state index in [1.54, 1.807) is 6.20 Å². The summed E-state index contributed by atoms with van der Waals surface area (Å²) in [6, 6.07) is 3.94. The predicted octanol–water partition coefficient (Wildman–Crippen LogP) is 2.53. The second-order valence-corrected chi connectivity index (χ2v) is 4.69. The minimum absolute atomic E-state index is 0.00678. The Morgan fingerprint density at radius 3 is 2.79 bits per heavy atom. The maximum absolute atomic E-state index is 5.94. The van der Waals surface area contributed by atoms with Gasteiger partial charge in [-0.1, -0.05) is 25.1 Å². The highest BCUT2D eigenvalue weighted by Crippen LogP contribution is 2.24. The van der Waals surface area contributed by atoms with Crippen LogP contribution in [0.1, 0.15) is 44.6 Å². The average Bonchev–Trinajstić information content (AvgIpc) is 2.88. The molecule has 0 aliphatic carbocycles. The average molecular weight is 260 g/mol. The lowest BCUT2D eigenvalue weighted by Gasteiger charge is -2.13. The van der Waals surface area contributed by atoms with Crippen LogP contribution < -0.4 is 5.73 Å². The highest BCUT2D eigenvalue weighted by Gasteiger charge is 2.22. The Balaban J connectivity index is 2.35. The Kier molecular flexibility index (Phi) is 4.27. The number of aryl methyl sites for hydroxylation is 1. The summed E-state index contributed by atoms with van der Waals surface area (Å²) in [4.78, 5) is 8.81. The molecule has 0 aromatic carbocycles. The van der Waals surface area contributed by atoms with Crippen LogP contribution in [0, 0.1) is 0 Å². The fourth-order valence-corrected chi connectivity index (χ4v) is 2.18. The van der Waals surface area contributed by atoms with E-state index < -0.39 is 0 Å². The van der Waals surface area contributed by atoms with Crippen LogP contribution in [0.25, 0.3) is 11.5 Å². The molecule has 2 N–H and O–H groups in total. The lowest BCUT2D eigenvalue weighted by Crippen LogP contribution is -2.24. The largest absolute Gasteiger partial charge is 0.339 e. The number of hydrogen-bond acceptors (Lipinski definition) is 5. The fourth-order valence-electron chi connectivity index (χ4n) is 2.18. The van der Waals surface area contributed by atoms with Gasteiger partial charge >= 0.3 is 0 Å². The van der Waals surface area contributed by atoms with Gasteiger partial charge in [-0.15, -0.1) is 0 Å². The lowest BCUT2D eigenvalue weighted by molar-refractivity contribution is 0.334. The van der Waals surface area contributed by atoms with Gasteiger partial charge in [-0.05, 0) is 31.4 Å². The molecule has 0 amide bonds. The maximum Gasteiger partial charge on any atom is 0.231 e. The van der Waals surface area contributed by atoms with E-state index in [9.17, 15) is 0 Å². The Bertz CT molecular complexity index is 536. The van der Waals surface area contributed by atoms with Crippen LogP contribution in [-0.2, 0) is 6.42 Å². The molecule has 0 fully saturated rings. The summed E-state index contributed by atoms with van der Waals surface area (Å²) >= 11 is 0. The van der Waals surface area contributed by atoms with Gasteiger partial charge in [0.1, 0.15) is 5.69 Å². The molecule has 102 valence electrons. The quantitative estimate of drug-likeness (QED) is 0.893. The third-order valence-electron chi connectivity index (χ3n) is 3.32. The van der Waals surface area contributed by atoms with Crippen LogP contribution in [0.5, 0.6) is 0 Å². The summed E-state index contributed by atoms with van der Waals surface area (Å²) in [5, 5.41) is 4.04. The van der Waals surface area contributed by atoms with Gasteiger partial charge in [0, 0.05) is 12.2 Å². The number of aromatic nitrogens is 3. The highest BCUT2D eigenvalue weighted by atomic mass is 16.5. The zero-order chi connectivity index (χ0) is 13.8. The van der Waals surface area contributed by atoms with Crippen LogP contribution in [0.15, 0.2) is 22.9 Å². The normalized spacial score (nSPS) is 14.3. The summed E-state index contributed by atoms with van der Waals surface area (Å²) in [6.07, 6.45) is 3.51. The van der Waals surface area contributed by atoms with Crippen molar-refractivity contribution >= 4 is 0 Å². The van der Waals surface area contributed by atoms with E-state index in [1.807, 2.05) is 19.1 Å². The second-order valence-electron chi connectivity index (χ2n) is 4.69. The molecule has 19 heavy (non-hydrogen) atoms. The van der Waals surface area contributed by atoms with Crippen molar-refractivity contribution in [3.8, 4) is 11.5 Å². The van der Waals surface area contributed by atoms with Crippen LogP contribution in [-0.4, -0.2) is 21.2 Å². The Morgan fingerprint density at radius 2 is 2.16 bits per heavy atom. The van der Waals surface area contributed by atoms with Crippen molar-refractivity contribution in [3.05, 3.63) is 29.8 Å². The molecule has 5 heteroatoms. The molecule has 2 unspecified atom stereocenters. The van der Waals surface area contributed by atoms with Crippen molar-refractivity contribution in [2.75, 3.05) is 0 Å². The van der Waals surface area contributed by atoms with Gasteiger partial charge in [-0.2, -0.15) is 4.98 Å². The molecule has 2 atom stereocenters. The molecule has 0 spiro atoms. The van der Waals surface area contributed by atoms with E-state index in [4.69, 9.17) is 10.3 Å². The lowest BCUT2D eigenvalue weighted by atomic mass is 9.99. The second kappa shape index (κ2) is 5.93. The van der Waals surface area contributed by atoms with Crippen molar-refractivity contribution < 1.29 is 4.52 Å². The molecule has 2 rings (SSSR count). The summed E-state index contributed by atoms with van der Waals surface area (Å²) in [5.41, 5.74) is 7.85. The molecule has 5 nitrogen and oxygen atoms in total. The molecular formula is C14H20N4O. The van der Waals surface area contributed by atoms with Crippen molar-refractivity contribution in [2.45, 2.75) is 45.6 Å². The molecule has 0 radical (unpaired) electrons. The monoisotopic (exact) mass is 260 g/mol. The van der Waals surface area contributed by atoms with E-state index in [-0.39, 0.29) is 12.0 Å². The number of hydrogen-bond donors (Lipinski definition) is 1. The molecule has 0 saturated carbocycles. The molecule has 0 bridgehead atoms. The number of nitrogens with zero attached hydrogens (tertiary/aromatic N) is 3. The Hall–Kier alpha value is -1.75. The highest BCUT2D eigenvalue weighted by molar-refractivity contribution is 5.53. The first-order valence-electron chi connectivity index (χ1n) is 6.70. The molecule has 2 aromatic heterocycles.